The van der Waals surface area contributed by atoms with Gasteiger partial charge in [-0.05, 0) is 29.1 Å². The molecule has 0 saturated heterocycles. The minimum atomic E-state index is -0.703. The summed E-state index contributed by atoms with van der Waals surface area (Å²) < 4.78 is 24.5. The molecule has 26 heavy (non-hydrogen) atoms. The molecule has 0 fully saturated rings. The molecule has 0 radical (unpaired) electrons. The SMILES string of the molecule is COc1ccc(CN(C)C(=O)Cn2c(-c3cccs3)noc2=O)cc1F. The Kier molecular flexibility index (Phi) is 5.17. The number of rotatable bonds is 6. The lowest BCUT2D eigenvalue weighted by Gasteiger charge is -2.18. The molecule has 0 bridgehead atoms. The Morgan fingerprint density at radius 2 is 2.23 bits per heavy atom. The van der Waals surface area contributed by atoms with Crippen LogP contribution in [0.1, 0.15) is 5.56 Å². The van der Waals surface area contributed by atoms with Gasteiger partial charge in [0.1, 0.15) is 6.54 Å². The molecule has 0 aliphatic rings. The van der Waals surface area contributed by atoms with Crippen LogP contribution in [0.5, 0.6) is 5.75 Å². The number of aromatic nitrogens is 2. The second-order valence-electron chi connectivity index (χ2n) is 5.55. The molecule has 0 aliphatic heterocycles. The highest BCUT2D eigenvalue weighted by atomic mass is 32.1. The third kappa shape index (κ3) is 3.67. The molecule has 0 spiro atoms. The molecule has 0 N–H and O–H groups in total. The van der Waals surface area contributed by atoms with E-state index in [9.17, 15) is 14.0 Å². The Morgan fingerprint density at radius 1 is 1.42 bits per heavy atom. The van der Waals surface area contributed by atoms with E-state index >= 15 is 0 Å². The predicted molar refractivity (Wildman–Crippen MR) is 93.5 cm³/mol. The van der Waals surface area contributed by atoms with Crippen LogP contribution in [-0.2, 0) is 17.9 Å². The molecule has 0 saturated carbocycles. The van der Waals surface area contributed by atoms with Crippen molar-refractivity contribution in [3.63, 3.8) is 0 Å². The number of likely N-dealkylation sites (N-methyl/N-ethyl adjacent to an activating group) is 1. The number of amides is 1. The van der Waals surface area contributed by atoms with Gasteiger partial charge in [-0.25, -0.2) is 13.8 Å². The number of halogens is 1. The van der Waals surface area contributed by atoms with Crippen molar-refractivity contribution in [2.75, 3.05) is 14.2 Å². The molecule has 3 rings (SSSR count). The number of nitrogens with zero attached hydrogens (tertiary/aromatic N) is 3. The predicted octanol–water partition coefficient (Wildman–Crippen LogP) is 2.37. The molecule has 2 heterocycles. The van der Waals surface area contributed by atoms with Crippen molar-refractivity contribution in [2.45, 2.75) is 13.1 Å². The standard InChI is InChI=1S/C17H16FN3O4S/c1-20(9-11-5-6-13(24-2)12(18)8-11)15(22)10-21-16(19-25-17(21)23)14-4-3-7-26-14/h3-8H,9-10H2,1-2H3. The molecular weight excluding hydrogens is 361 g/mol. The fourth-order valence-electron chi connectivity index (χ4n) is 2.42. The van der Waals surface area contributed by atoms with Gasteiger partial charge in [0.05, 0.1) is 12.0 Å². The monoisotopic (exact) mass is 377 g/mol. The summed E-state index contributed by atoms with van der Waals surface area (Å²) in [5, 5.41) is 5.58. The van der Waals surface area contributed by atoms with Gasteiger partial charge in [0, 0.05) is 13.6 Å². The summed E-state index contributed by atoms with van der Waals surface area (Å²) in [6, 6.07) is 8.09. The van der Waals surface area contributed by atoms with Crippen LogP contribution in [0.15, 0.2) is 45.0 Å². The van der Waals surface area contributed by atoms with Crippen LogP contribution < -0.4 is 10.5 Å². The fraction of sp³-hybridized carbons (Fsp3) is 0.235. The van der Waals surface area contributed by atoms with Gasteiger partial charge in [0.2, 0.25) is 5.91 Å². The maximum Gasteiger partial charge on any atom is 0.442 e. The van der Waals surface area contributed by atoms with Gasteiger partial charge in [-0.15, -0.1) is 11.3 Å². The highest BCUT2D eigenvalue weighted by Gasteiger charge is 2.19. The van der Waals surface area contributed by atoms with Gasteiger partial charge in [-0.1, -0.05) is 17.3 Å². The van der Waals surface area contributed by atoms with Crippen molar-refractivity contribution in [1.82, 2.24) is 14.6 Å². The third-order valence-corrected chi connectivity index (χ3v) is 4.65. The van der Waals surface area contributed by atoms with Gasteiger partial charge in [0.25, 0.3) is 0 Å². The number of hydrogen-bond donors (Lipinski definition) is 0. The Bertz CT molecular complexity index is 965. The molecule has 3 aromatic rings. The van der Waals surface area contributed by atoms with Crippen molar-refractivity contribution >= 4 is 17.2 Å². The first-order valence-electron chi connectivity index (χ1n) is 7.66. The summed E-state index contributed by atoms with van der Waals surface area (Å²) >= 11 is 1.39. The zero-order valence-electron chi connectivity index (χ0n) is 14.1. The minimum Gasteiger partial charge on any atom is -0.494 e. The van der Waals surface area contributed by atoms with E-state index in [0.717, 1.165) is 4.88 Å². The average molecular weight is 377 g/mol. The van der Waals surface area contributed by atoms with Gasteiger partial charge in [-0.3, -0.25) is 9.32 Å². The Hall–Kier alpha value is -2.94. The van der Waals surface area contributed by atoms with Crippen LogP contribution >= 0.6 is 11.3 Å². The van der Waals surface area contributed by atoms with Crippen LogP contribution in [0, 0.1) is 5.82 Å². The molecule has 0 unspecified atom stereocenters. The van der Waals surface area contributed by atoms with E-state index in [1.165, 1.54) is 40.0 Å². The molecule has 0 atom stereocenters. The Balaban J connectivity index is 1.73. The van der Waals surface area contributed by atoms with Crippen molar-refractivity contribution < 1.29 is 18.4 Å². The zero-order chi connectivity index (χ0) is 18.7. The van der Waals surface area contributed by atoms with Crippen molar-refractivity contribution in [3.8, 4) is 16.5 Å². The molecule has 9 heteroatoms. The molecular formula is C17H16FN3O4S. The number of carbonyl (C=O) groups is 1. The van der Waals surface area contributed by atoms with Crippen molar-refractivity contribution in [2.24, 2.45) is 0 Å². The molecule has 7 nitrogen and oxygen atoms in total. The van der Waals surface area contributed by atoms with Gasteiger partial charge < -0.3 is 9.64 Å². The summed E-state index contributed by atoms with van der Waals surface area (Å²) in [6.07, 6.45) is 0. The maximum absolute atomic E-state index is 13.8. The molecule has 136 valence electrons. The first-order valence-corrected chi connectivity index (χ1v) is 8.54. The number of hydrogen-bond acceptors (Lipinski definition) is 6. The highest BCUT2D eigenvalue weighted by molar-refractivity contribution is 7.13. The number of thiophene rings is 1. The topological polar surface area (TPSA) is 77.6 Å². The number of benzene rings is 1. The molecule has 0 aliphatic carbocycles. The van der Waals surface area contributed by atoms with Crippen LogP contribution in [0.3, 0.4) is 0 Å². The number of methoxy groups -OCH3 is 1. The largest absolute Gasteiger partial charge is 0.494 e. The van der Waals surface area contributed by atoms with Gasteiger partial charge in [-0.2, -0.15) is 0 Å². The first kappa shape index (κ1) is 17.9. The van der Waals surface area contributed by atoms with E-state index in [2.05, 4.69) is 9.68 Å². The second-order valence-corrected chi connectivity index (χ2v) is 6.50. The third-order valence-electron chi connectivity index (χ3n) is 3.78. The summed E-state index contributed by atoms with van der Waals surface area (Å²) in [7, 11) is 2.96. The first-order chi connectivity index (χ1) is 12.5. The van der Waals surface area contributed by atoms with Gasteiger partial charge in [0.15, 0.2) is 17.4 Å². The van der Waals surface area contributed by atoms with E-state index < -0.39 is 11.6 Å². The summed E-state index contributed by atoms with van der Waals surface area (Å²) in [5.74, 6) is -1.09. The van der Waals surface area contributed by atoms with E-state index in [0.29, 0.717) is 11.4 Å². The lowest BCUT2D eigenvalue weighted by atomic mass is 10.2. The van der Waals surface area contributed by atoms with Crippen LogP contribution in [0.25, 0.3) is 10.7 Å². The Morgan fingerprint density at radius 3 is 2.88 bits per heavy atom. The van der Waals surface area contributed by atoms with E-state index in [1.54, 1.807) is 19.2 Å². The second kappa shape index (κ2) is 7.52. The lowest BCUT2D eigenvalue weighted by Crippen LogP contribution is -2.32. The number of ether oxygens (including phenoxy) is 1. The fourth-order valence-corrected chi connectivity index (χ4v) is 3.13. The van der Waals surface area contributed by atoms with Crippen molar-refractivity contribution in [3.05, 3.63) is 57.6 Å². The normalized spacial score (nSPS) is 10.7. The quantitative estimate of drug-likeness (QED) is 0.659. The number of carbonyl (C=O) groups excluding carboxylic acids is 1. The summed E-state index contributed by atoms with van der Waals surface area (Å²) in [6.45, 7) is -0.0290. The molecule has 2 aromatic heterocycles. The summed E-state index contributed by atoms with van der Waals surface area (Å²) in [4.78, 5) is 26.5. The molecule has 1 aromatic carbocycles. The lowest BCUT2D eigenvalue weighted by molar-refractivity contribution is -0.131. The van der Waals surface area contributed by atoms with Crippen LogP contribution in [-0.4, -0.2) is 34.7 Å². The van der Waals surface area contributed by atoms with Crippen LogP contribution in [0.2, 0.25) is 0 Å². The zero-order valence-corrected chi connectivity index (χ0v) is 15.0. The molecule has 1 amide bonds. The van der Waals surface area contributed by atoms with Crippen molar-refractivity contribution in [1.29, 1.82) is 0 Å². The van der Waals surface area contributed by atoms with E-state index in [4.69, 9.17) is 4.74 Å². The Labute approximate surface area is 152 Å². The highest BCUT2D eigenvalue weighted by Crippen LogP contribution is 2.22. The van der Waals surface area contributed by atoms with E-state index in [1.807, 2.05) is 11.4 Å². The van der Waals surface area contributed by atoms with E-state index in [-0.39, 0.29) is 24.7 Å². The average Bonchev–Trinajstić information content (AvgIpc) is 3.25. The smallest absolute Gasteiger partial charge is 0.442 e. The maximum atomic E-state index is 13.8. The van der Waals surface area contributed by atoms with Gasteiger partial charge >= 0.3 is 5.76 Å². The van der Waals surface area contributed by atoms with Crippen LogP contribution in [0.4, 0.5) is 4.39 Å². The summed E-state index contributed by atoms with van der Waals surface area (Å²) in [5.41, 5.74) is 0.607. The minimum absolute atomic E-state index is 0.138.